The molecule has 1 atom stereocenters. The third-order valence-corrected chi connectivity index (χ3v) is 3.62. The monoisotopic (exact) mass is 315 g/mol. The molecule has 0 aromatic heterocycles. The SMILES string of the molecule is NCC(Oc1ccc(Cl)c(Cl)c1)c1ccc(Cl)cc1. The molecule has 2 nitrogen and oxygen atoms in total. The highest BCUT2D eigenvalue weighted by Crippen LogP contribution is 2.29. The second-order valence-corrected chi connectivity index (χ2v) is 5.22. The van der Waals surface area contributed by atoms with Crippen molar-refractivity contribution in [1.82, 2.24) is 0 Å². The van der Waals surface area contributed by atoms with Crippen molar-refractivity contribution in [2.75, 3.05) is 6.54 Å². The lowest BCUT2D eigenvalue weighted by atomic mass is 10.1. The van der Waals surface area contributed by atoms with Gasteiger partial charge in [0.1, 0.15) is 11.9 Å². The van der Waals surface area contributed by atoms with Crippen molar-refractivity contribution in [2.24, 2.45) is 5.73 Å². The zero-order valence-corrected chi connectivity index (χ0v) is 12.2. The molecule has 19 heavy (non-hydrogen) atoms. The molecule has 0 heterocycles. The van der Waals surface area contributed by atoms with Crippen LogP contribution in [0.25, 0.3) is 0 Å². The fraction of sp³-hybridized carbons (Fsp3) is 0.143. The van der Waals surface area contributed by atoms with Crippen molar-refractivity contribution < 1.29 is 4.74 Å². The van der Waals surface area contributed by atoms with Crippen LogP contribution >= 0.6 is 34.8 Å². The van der Waals surface area contributed by atoms with Gasteiger partial charge in [-0.05, 0) is 29.8 Å². The van der Waals surface area contributed by atoms with Gasteiger partial charge in [0.25, 0.3) is 0 Å². The molecule has 0 bridgehead atoms. The van der Waals surface area contributed by atoms with E-state index in [1.807, 2.05) is 12.1 Å². The molecule has 0 aliphatic carbocycles. The maximum atomic E-state index is 5.95. The average molecular weight is 317 g/mol. The number of rotatable bonds is 4. The van der Waals surface area contributed by atoms with Crippen LogP contribution < -0.4 is 10.5 Å². The number of benzene rings is 2. The molecule has 0 aliphatic rings. The van der Waals surface area contributed by atoms with Gasteiger partial charge in [-0.15, -0.1) is 0 Å². The van der Waals surface area contributed by atoms with E-state index in [1.165, 1.54) is 0 Å². The number of nitrogens with two attached hydrogens (primary N) is 1. The fourth-order valence-corrected chi connectivity index (χ4v) is 2.06. The Labute approximate surface area is 127 Å². The summed E-state index contributed by atoms with van der Waals surface area (Å²) in [6.07, 6.45) is -0.255. The molecular weight excluding hydrogens is 305 g/mol. The Hall–Kier alpha value is -0.930. The van der Waals surface area contributed by atoms with E-state index >= 15 is 0 Å². The molecule has 2 N–H and O–H groups in total. The molecule has 0 radical (unpaired) electrons. The van der Waals surface area contributed by atoms with Gasteiger partial charge in [0.15, 0.2) is 0 Å². The molecule has 2 aromatic rings. The summed E-state index contributed by atoms with van der Waals surface area (Å²) >= 11 is 17.7. The quantitative estimate of drug-likeness (QED) is 0.885. The molecule has 0 saturated carbocycles. The molecular formula is C14H12Cl3NO. The number of halogens is 3. The first-order valence-corrected chi connectivity index (χ1v) is 6.81. The first-order valence-electron chi connectivity index (χ1n) is 5.67. The summed E-state index contributed by atoms with van der Waals surface area (Å²) in [5, 5.41) is 1.62. The lowest BCUT2D eigenvalue weighted by Gasteiger charge is -2.18. The Balaban J connectivity index is 2.18. The largest absolute Gasteiger partial charge is 0.484 e. The van der Waals surface area contributed by atoms with E-state index in [2.05, 4.69) is 0 Å². The van der Waals surface area contributed by atoms with E-state index in [4.69, 9.17) is 45.3 Å². The van der Waals surface area contributed by atoms with Gasteiger partial charge in [-0.25, -0.2) is 0 Å². The number of ether oxygens (including phenoxy) is 1. The molecule has 100 valence electrons. The van der Waals surface area contributed by atoms with E-state index in [-0.39, 0.29) is 6.10 Å². The van der Waals surface area contributed by atoms with E-state index < -0.39 is 0 Å². The normalized spacial score (nSPS) is 12.2. The fourth-order valence-electron chi connectivity index (χ4n) is 1.64. The van der Waals surface area contributed by atoms with Crippen LogP contribution in [0.1, 0.15) is 11.7 Å². The topological polar surface area (TPSA) is 35.2 Å². The van der Waals surface area contributed by atoms with Crippen LogP contribution in [0.5, 0.6) is 5.75 Å². The first kappa shape index (κ1) is 14.5. The summed E-state index contributed by atoms with van der Waals surface area (Å²) in [5.41, 5.74) is 6.70. The van der Waals surface area contributed by atoms with Crippen LogP contribution in [0.15, 0.2) is 42.5 Å². The average Bonchev–Trinajstić information content (AvgIpc) is 2.41. The molecule has 1 unspecified atom stereocenters. The Morgan fingerprint density at radius 1 is 0.947 bits per heavy atom. The Morgan fingerprint density at radius 3 is 2.21 bits per heavy atom. The van der Waals surface area contributed by atoms with Crippen molar-refractivity contribution in [2.45, 2.75) is 6.10 Å². The Morgan fingerprint density at radius 2 is 1.63 bits per heavy atom. The predicted molar refractivity (Wildman–Crippen MR) is 80.3 cm³/mol. The molecule has 5 heteroatoms. The van der Waals surface area contributed by atoms with Gasteiger partial charge in [0.05, 0.1) is 10.0 Å². The summed E-state index contributed by atoms with van der Waals surface area (Å²) in [5.74, 6) is 0.625. The van der Waals surface area contributed by atoms with Crippen LogP contribution in [0.2, 0.25) is 15.1 Å². The number of hydrogen-bond acceptors (Lipinski definition) is 2. The summed E-state index contributed by atoms with van der Waals surface area (Å²) in [6.45, 7) is 0.349. The standard InChI is InChI=1S/C14H12Cl3NO/c15-10-3-1-9(2-4-10)14(8-18)19-11-5-6-12(16)13(17)7-11/h1-7,14H,8,18H2. The molecule has 0 aliphatic heterocycles. The zero-order chi connectivity index (χ0) is 13.8. The third-order valence-electron chi connectivity index (χ3n) is 2.63. The highest BCUT2D eigenvalue weighted by atomic mass is 35.5. The van der Waals surface area contributed by atoms with Crippen molar-refractivity contribution in [1.29, 1.82) is 0 Å². The van der Waals surface area contributed by atoms with Gasteiger partial charge in [-0.2, -0.15) is 0 Å². The van der Waals surface area contributed by atoms with Crippen molar-refractivity contribution >= 4 is 34.8 Å². The summed E-state index contributed by atoms with van der Waals surface area (Å²) < 4.78 is 5.81. The third kappa shape index (κ3) is 3.77. The summed E-state index contributed by atoms with van der Waals surface area (Å²) in [6, 6.07) is 12.5. The minimum atomic E-state index is -0.255. The van der Waals surface area contributed by atoms with Crippen LogP contribution in [0.3, 0.4) is 0 Å². The first-order chi connectivity index (χ1) is 9.10. The van der Waals surface area contributed by atoms with E-state index in [9.17, 15) is 0 Å². The van der Waals surface area contributed by atoms with Gasteiger partial charge in [-0.1, -0.05) is 46.9 Å². The van der Waals surface area contributed by atoms with Crippen LogP contribution in [0, 0.1) is 0 Å². The molecule has 0 amide bonds. The van der Waals surface area contributed by atoms with Crippen molar-refractivity contribution in [3.05, 3.63) is 63.1 Å². The lowest BCUT2D eigenvalue weighted by molar-refractivity contribution is 0.214. The van der Waals surface area contributed by atoms with Crippen LogP contribution in [0.4, 0.5) is 0 Å². The second kappa shape index (κ2) is 6.49. The summed E-state index contributed by atoms with van der Waals surface area (Å²) in [7, 11) is 0. The summed E-state index contributed by atoms with van der Waals surface area (Å²) in [4.78, 5) is 0. The zero-order valence-electron chi connectivity index (χ0n) is 9.95. The smallest absolute Gasteiger partial charge is 0.136 e. The molecule has 0 spiro atoms. The Bertz CT molecular complexity index is 557. The van der Waals surface area contributed by atoms with Gasteiger partial charge in [-0.3, -0.25) is 0 Å². The minimum Gasteiger partial charge on any atom is -0.484 e. The van der Waals surface area contributed by atoms with E-state index in [1.54, 1.807) is 30.3 Å². The van der Waals surface area contributed by atoms with Gasteiger partial charge < -0.3 is 10.5 Å². The highest BCUT2D eigenvalue weighted by Gasteiger charge is 2.12. The van der Waals surface area contributed by atoms with Crippen LogP contribution in [-0.2, 0) is 0 Å². The van der Waals surface area contributed by atoms with Gasteiger partial charge in [0, 0.05) is 17.6 Å². The Kier molecular flexibility index (Phi) is 4.94. The minimum absolute atomic E-state index is 0.255. The second-order valence-electron chi connectivity index (χ2n) is 3.97. The maximum absolute atomic E-state index is 5.95. The highest BCUT2D eigenvalue weighted by molar-refractivity contribution is 6.42. The lowest BCUT2D eigenvalue weighted by Crippen LogP contribution is -2.18. The van der Waals surface area contributed by atoms with Gasteiger partial charge in [0.2, 0.25) is 0 Å². The van der Waals surface area contributed by atoms with Crippen LogP contribution in [-0.4, -0.2) is 6.54 Å². The molecule has 0 saturated heterocycles. The van der Waals surface area contributed by atoms with Crippen molar-refractivity contribution in [3.8, 4) is 5.75 Å². The van der Waals surface area contributed by atoms with Gasteiger partial charge >= 0.3 is 0 Å². The van der Waals surface area contributed by atoms with E-state index in [0.717, 1.165) is 5.56 Å². The molecule has 0 fully saturated rings. The molecule has 2 rings (SSSR count). The number of hydrogen-bond donors (Lipinski definition) is 1. The predicted octanol–water partition coefficient (Wildman–Crippen LogP) is 4.73. The maximum Gasteiger partial charge on any atom is 0.136 e. The van der Waals surface area contributed by atoms with Crippen molar-refractivity contribution in [3.63, 3.8) is 0 Å². The van der Waals surface area contributed by atoms with E-state index in [0.29, 0.717) is 27.4 Å². The molecule has 2 aromatic carbocycles.